The number of pyridine rings is 3. The van der Waals surface area contributed by atoms with Gasteiger partial charge in [-0.2, -0.15) is 0 Å². The molecule has 1 N–H and O–H groups in total. The first-order valence-corrected chi connectivity index (χ1v) is 18.1. The minimum absolute atomic E-state index is 0.137. The Bertz CT molecular complexity index is 1440. The second-order valence-electron chi connectivity index (χ2n) is 11.7. The number of benzene rings is 1. The van der Waals surface area contributed by atoms with E-state index in [1.54, 1.807) is 18.5 Å². The van der Waals surface area contributed by atoms with Crippen LogP contribution < -0.4 is 4.72 Å². The minimum Gasteiger partial charge on any atom is -0.284 e. The number of rotatable bonds is 20. The van der Waals surface area contributed by atoms with Crippen molar-refractivity contribution in [2.45, 2.75) is 96.8 Å². The fraction of sp³-hybridized carbons (Fsp3) is 0.432. The van der Waals surface area contributed by atoms with Crippen LogP contribution in [-0.4, -0.2) is 29.1 Å². The van der Waals surface area contributed by atoms with Crippen molar-refractivity contribution in [1.82, 2.24) is 15.0 Å². The first-order valence-electron chi connectivity index (χ1n) is 16.5. The molecule has 3 aromatic heterocycles. The Hall–Kier alpha value is -3.58. The predicted molar refractivity (Wildman–Crippen MR) is 184 cm³/mol. The summed E-state index contributed by atoms with van der Waals surface area (Å²) in [6.45, 7) is 2.26. The number of sulfonamides is 1. The van der Waals surface area contributed by atoms with Crippen molar-refractivity contribution >= 4 is 15.7 Å². The van der Waals surface area contributed by atoms with Crippen LogP contribution in [0.25, 0.3) is 33.9 Å². The number of unbranched alkanes of at least 4 members (excludes halogenated alkanes) is 13. The van der Waals surface area contributed by atoms with Crippen LogP contribution >= 0.6 is 0 Å². The van der Waals surface area contributed by atoms with E-state index in [0.717, 1.165) is 46.7 Å². The van der Waals surface area contributed by atoms with E-state index in [1.807, 2.05) is 66.7 Å². The maximum Gasteiger partial charge on any atom is 0.232 e. The number of aromatic nitrogens is 3. The summed E-state index contributed by atoms with van der Waals surface area (Å²) in [4.78, 5) is 13.8. The van der Waals surface area contributed by atoms with Crippen molar-refractivity contribution in [3.63, 3.8) is 0 Å². The molecule has 7 heteroatoms. The molecule has 4 rings (SSSR count). The van der Waals surface area contributed by atoms with E-state index >= 15 is 0 Å². The van der Waals surface area contributed by atoms with E-state index in [-0.39, 0.29) is 5.75 Å². The first-order chi connectivity index (χ1) is 21.5. The maximum absolute atomic E-state index is 12.9. The van der Waals surface area contributed by atoms with Crippen LogP contribution in [0.2, 0.25) is 0 Å². The van der Waals surface area contributed by atoms with Crippen molar-refractivity contribution < 1.29 is 8.42 Å². The fourth-order valence-corrected chi connectivity index (χ4v) is 6.64. The first kappa shape index (κ1) is 33.3. The summed E-state index contributed by atoms with van der Waals surface area (Å²) in [5, 5.41) is 0. The van der Waals surface area contributed by atoms with Gasteiger partial charge in [-0.25, -0.2) is 13.4 Å². The van der Waals surface area contributed by atoms with Gasteiger partial charge in [0.25, 0.3) is 0 Å². The minimum atomic E-state index is -3.43. The molecular formula is C37H48N4O2S. The average molecular weight is 613 g/mol. The van der Waals surface area contributed by atoms with Gasteiger partial charge in [0.1, 0.15) is 0 Å². The molecule has 0 atom stereocenters. The van der Waals surface area contributed by atoms with Crippen LogP contribution in [0.1, 0.15) is 96.8 Å². The Balaban J connectivity index is 1.27. The summed E-state index contributed by atoms with van der Waals surface area (Å²) in [5.74, 6) is 0.137. The largest absolute Gasteiger partial charge is 0.284 e. The lowest BCUT2D eigenvalue weighted by Gasteiger charge is -2.12. The molecule has 0 saturated carbocycles. The van der Waals surface area contributed by atoms with Crippen molar-refractivity contribution in [2.75, 3.05) is 10.5 Å². The van der Waals surface area contributed by atoms with Gasteiger partial charge in [-0.1, -0.05) is 115 Å². The summed E-state index contributed by atoms with van der Waals surface area (Å²) in [6, 6.07) is 23.0. The number of hydrogen-bond donors (Lipinski definition) is 1. The van der Waals surface area contributed by atoms with E-state index in [2.05, 4.69) is 21.6 Å². The lowest BCUT2D eigenvalue weighted by Crippen LogP contribution is -2.16. The second-order valence-corrected chi connectivity index (χ2v) is 13.5. The molecule has 44 heavy (non-hydrogen) atoms. The molecule has 0 aliphatic heterocycles. The third kappa shape index (κ3) is 11.5. The number of nitrogens with zero attached hydrogens (tertiary/aromatic N) is 3. The standard InChI is InChI=1S/C37H48N4O2S/c1-2-3-4-5-6-7-8-9-10-11-12-13-14-19-27-44(42,43)41-33-22-20-21-31(28-33)32-29-36(34-23-15-17-25-38-34)40-37(30-32)35-24-16-18-26-39-35/h15-18,20-26,28-30,41H,2-14,19,27H2,1H3. The lowest BCUT2D eigenvalue weighted by atomic mass is 10.0. The van der Waals surface area contributed by atoms with Gasteiger partial charge < -0.3 is 0 Å². The normalized spacial score (nSPS) is 11.5. The molecule has 0 fully saturated rings. The Morgan fingerprint density at radius 1 is 0.545 bits per heavy atom. The zero-order valence-electron chi connectivity index (χ0n) is 26.3. The topological polar surface area (TPSA) is 84.8 Å². The number of anilines is 1. The van der Waals surface area contributed by atoms with E-state index in [1.165, 1.54) is 70.6 Å². The van der Waals surface area contributed by atoms with Gasteiger partial charge in [0.05, 0.1) is 28.5 Å². The van der Waals surface area contributed by atoms with Gasteiger partial charge in [-0.3, -0.25) is 14.7 Å². The van der Waals surface area contributed by atoms with Crippen molar-refractivity contribution in [2.24, 2.45) is 0 Å². The monoisotopic (exact) mass is 612 g/mol. The van der Waals surface area contributed by atoms with Crippen LogP contribution in [0.4, 0.5) is 5.69 Å². The highest BCUT2D eigenvalue weighted by atomic mass is 32.2. The molecule has 0 aliphatic carbocycles. The summed E-state index contributed by atoms with van der Waals surface area (Å²) >= 11 is 0. The molecule has 0 radical (unpaired) electrons. The van der Waals surface area contributed by atoms with Crippen LogP contribution in [-0.2, 0) is 10.0 Å². The van der Waals surface area contributed by atoms with Gasteiger partial charge in [-0.15, -0.1) is 0 Å². The van der Waals surface area contributed by atoms with Gasteiger partial charge in [0.15, 0.2) is 0 Å². The van der Waals surface area contributed by atoms with Gasteiger partial charge in [0, 0.05) is 18.1 Å². The maximum atomic E-state index is 12.9. The molecule has 0 unspecified atom stereocenters. The quantitative estimate of drug-likeness (QED) is 0.100. The van der Waals surface area contributed by atoms with Crippen molar-refractivity contribution in [1.29, 1.82) is 0 Å². The highest BCUT2D eigenvalue weighted by Gasteiger charge is 2.13. The molecule has 6 nitrogen and oxygen atoms in total. The van der Waals surface area contributed by atoms with E-state index in [4.69, 9.17) is 4.98 Å². The SMILES string of the molecule is CCCCCCCCCCCCCCCCS(=O)(=O)Nc1cccc(-c2cc(-c3ccccn3)nc(-c3ccccn3)c2)c1. The van der Waals surface area contributed by atoms with Gasteiger partial charge in [0.2, 0.25) is 10.0 Å². The van der Waals surface area contributed by atoms with Gasteiger partial charge >= 0.3 is 0 Å². The fourth-order valence-electron chi connectivity index (χ4n) is 5.47. The second kappa shape index (κ2) is 18.3. The summed E-state index contributed by atoms with van der Waals surface area (Å²) in [5.41, 5.74) is 5.34. The number of nitrogens with one attached hydrogen (secondary N) is 1. The Labute approximate surface area is 264 Å². The Morgan fingerprint density at radius 2 is 1.07 bits per heavy atom. The molecule has 0 saturated heterocycles. The highest BCUT2D eigenvalue weighted by Crippen LogP contribution is 2.30. The zero-order valence-corrected chi connectivity index (χ0v) is 27.1. The molecule has 0 amide bonds. The molecule has 1 aromatic carbocycles. The summed E-state index contributed by atoms with van der Waals surface area (Å²) in [7, 11) is -3.43. The molecule has 0 bridgehead atoms. The molecule has 4 aromatic rings. The highest BCUT2D eigenvalue weighted by molar-refractivity contribution is 7.92. The zero-order chi connectivity index (χ0) is 30.9. The molecule has 0 aliphatic rings. The Morgan fingerprint density at radius 3 is 1.57 bits per heavy atom. The number of hydrogen-bond acceptors (Lipinski definition) is 5. The van der Waals surface area contributed by atoms with E-state index < -0.39 is 10.0 Å². The van der Waals surface area contributed by atoms with Crippen LogP contribution in [0.15, 0.2) is 85.2 Å². The van der Waals surface area contributed by atoms with E-state index in [0.29, 0.717) is 12.1 Å². The van der Waals surface area contributed by atoms with E-state index in [9.17, 15) is 8.42 Å². The lowest BCUT2D eigenvalue weighted by molar-refractivity contribution is 0.537. The smallest absolute Gasteiger partial charge is 0.232 e. The van der Waals surface area contributed by atoms with Crippen molar-refractivity contribution in [3.8, 4) is 33.9 Å². The third-order valence-electron chi connectivity index (χ3n) is 7.92. The van der Waals surface area contributed by atoms with Crippen molar-refractivity contribution in [3.05, 3.63) is 85.2 Å². The van der Waals surface area contributed by atoms with Gasteiger partial charge in [-0.05, 0) is 66.1 Å². The molecule has 234 valence electrons. The molecule has 0 spiro atoms. The predicted octanol–water partition coefficient (Wildman–Crippen LogP) is 10.1. The third-order valence-corrected chi connectivity index (χ3v) is 9.29. The van der Waals surface area contributed by atoms with Crippen LogP contribution in [0.5, 0.6) is 0 Å². The average Bonchev–Trinajstić information content (AvgIpc) is 3.05. The summed E-state index contributed by atoms with van der Waals surface area (Å²) in [6.07, 6.45) is 20.9. The van der Waals surface area contributed by atoms with Crippen LogP contribution in [0, 0.1) is 0 Å². The molecular weight excluding hydrogens is 565 g/mol. The Kier molecular flexibility index (Phi) is 13.8. The summed E-state index contributed by atoms with van der Waals surface area (Å²) < 4.78 is 28.6. The van der Waals surface area contributed by atoms with Crippen LogP contribution in [0.3, 0.4) is 0 Å². The molecule has 3 heterocycles.